The van der Waals surface area contributed by atoms with Gasteiger partial charge in [0.25, 0.3) is 11.8 Å². The minimum Gasteiger partial charge on any atom is -0.322 e. The molecule has 132 valence electrons. The van der Waals surface area contributed by atoms with Gasteiger partial charge in [-0.25, -0.2) is 4.99 Å². The fourth-order valence-corrected chi connectivity index (χ4v) is 2.96. The summed E-state index contributed by atoms with van der Waals surface area (Å²) in [7, 11) is 0. The summed E-state index contributed by atoms with van der Waals surface area (Å²) in [5, 5.41) is 5.65. The number of aliphatic imine (C=N–C) groups is 1. The molecule has 0 aliphatic carbocycles. The monoisotopic (exact) mass is 355 g/mol. The van der Waals surface area contributed by atoms with Gasteiger partial charge in [-0.05, 0) is 55.0 Å². The maximum Gasteiger partial charge on any atom is 0.257 e. The Morgan fingerprint density at radius 3 is 2.41 bits per heavy atom. The van der Waals surface area contributed by atoms with Crippen molar-refractivity contribution in [3.05, 3.63) is 95.1 Å². The summed E-state index contributed by atoms with van der Waals surface area (Å²) in [6.45, 7) is 1.98. The highest BCUT2D eigenvalue weighted by Crippen LogP contribution is 2.20. The number of aryl methyl sites for hydroxylation is 1. The fourth-order valence-electron chi connectivity index (χ4n) is 2.96. The van der Waals surface area contributed by atoms with Crippen molar-refractivity contribution >= 4 is 29.0 Å². The molecule has 2 N–H and O–H groups in total. The standard InChI is InChI=1S/C22H17N3O2/c1-14-5-4-6-17(13-14)24-21(26)15-9-11-16(12-10-15)23-20-18-7-2-3-8-19(18)22(27)25-20/h2-13H,1H3,(H,24,26)(H,23,25,27). The van der Waals surface area contributed by atoms with Crippen molar-refractivity contribution in [1.29, 1.82) is 0 Å². The maximum absolute atomic E-state index is 12.4. The number of amides is 2. The van der Waals surface area contributed by atoms with E-state index in [9.17, 15) is 9.59 Å². The summed E-state index contributed by atoms with van der Waals surface area (Å²) >= 11 is 0. The predicted octanol–water partition coefficient (Wildman–Crippen LogP) is 4.07. The average Bonchev–Trinajstić information content (AvgIpc) is 2.98. The largest absolute Gasteiger partial charge is 0.322 e. The fraction of sp³-hybridized carbons (Fsp3) is 0.0455. The molecule has 0 saturated heterocycles. The van der Waals surface area contributed by atoms with Gasteiger partial charge < -0.3 is 10.6 Å². The van der Waals surface area contributed by atoms with Crippen LogP contribution in [0.5, 0.6) is 0 Å². The van der Waals surface area contributed by atoms with E-state index in [0.717, 1.165) is 16.8 Å². The van der Waals surface area contributed by atoms with E-state index in [1.165, 1.54) is 0 Å². The van der Waals surface area contributed by atoms with E-state index in [0.29, 0.717) is 22.6 Å². The van der Waals surface area contributed by atoms with Crippen LogP contribution in [0.15, 0.2) is 77.8 Å². The molecule has 3 aromatic rings. The van der Waals surface area contributed by atoms with Crippen LogP contribution in [-0.4, -0.2) is 17.6 Å². The van der Waals surface area contributed by atoms with Gasteiger partial charge in [0.15, 0.2) is 0 Å². The third kappa shape index (κ3) is 3.48. The second-order valence-electron chi connectivity index (χ2n) is 6.33. The number of rotatable bonds is 3. The van der Waals surface area contributed by atoms with Crippen molar-refractivity contribution in [1.82, 2.24) is 5.32 Å². The zero-order valence-electron chi connectivity index (χ0n) is 14.7. The number of carbonyl (C=O) groups is 2. The first-order chi connectivity index (χ1) is 13.1. The lowest BCUT2D eigenvalue weighted by molar-refractivity contribution is 0.0981. The van der Waals surface area contributed by atoms with Crippen LogP contribution in [0.1, 0.15) is 31.8 Å². The lowest BCUT2D eigenvalue weighted by Gasteiger charge is -2.06. The van der Waals surface area contributed by atoms with Gasteiger partial charge in [-0.15, -0.1) is 0 Å². The molecule has 0 bridgehead atoms. The molecule has 4 rings (SSSR count). The number of carbonyl (C=O) groups excluding carboxylic acids is 2. The minimum absolute atomic E-state index is 0.154. The van der Waals surface area contributed by atoms with Crippen molar-refractivity contribution in [2.75, 3.05) is 5.32 Å². The molecule has 27 heavy (non-hydrogen) atoms. The smallest absolute Gasteiger partial charge is 0.257 e. The van der Waals surface area contributed by atoms with Gasteiger partial charge in [-0.2, -0.15) is 0 Å². The van der Waals surface area contributed by atoms with Gasteiger partial charge >= 0.3 is 0 Å². The van der Waals surface area contributed by atoms with Crippen LogP contribution in [0.2, 0.25) is 0 Å². The summed E-state index contributed by atoms with van der Waals surface area (Å²) in [6.07, 6.45) is 0. The van der Waals surface area contributed by atoms with Crippen LogP contribution in [-0.2, 0) is 0 Å². The number of nitrogens with one attached hydrogen (secondary N) is 2. The number of hydrogen-bond donors (Lipinski definition) is 2. The quantitative estimate of drug-likeness (QED) is 0.743. The molecule has 0 spiro atoms. The van der Waals surface area contributed by atoms with Crippen LogP contribution in [0.25, 0.3) is 0 Å². The van der Waals surface area contributed by atoms with E-state index >= 15 is 0 Å². The Hall–Kier alpha value is -3.73. The average molecular weight is 355 g/mol. The van der Waals surface area contributed by atoms with Crippen LogP contribution in [0, 0.1) is 6.92 Å². The van der Waals surface area contributed by atoms with Gasteiger partial charge in [0.2, 0.25) is 0 Å². The number of hydrogen-bond acceptors (Lipinski definition) is 3. The summed E-state index contributed by atoms with van der Waals surface area (Å²) in [6, 6.07) is 21.9. The summed E-state index contributed by atoms with van der Waals surface area (Å²) in [4.78, 5) is 28.8. The third-order valence-electron chi connectivity index (χ3n) is 4.31. The van der Waals surface area contributed by atoms with E-state index in [1.54, 1.807) is 30.3 Å². The predicted molar refractivity (Wildman–Crippen MR) is 106 cm³/mol. The second kappa shape index (κ2) is 6.88. The van der Waals surface area contributed by atoms with Crippen LogP contribution in [0.4, 0.5) is 11.4 Å². The van der Waals surface area contributed by atoms with Crippen molar-refractivity contribution in [2.45, 2.75) is 6.92 Å². The first-order valence-electron chi connectivity index (χ1n) is 8.58. The summed E-state index contributed by atoms with van der Waals surface area (Å²) in [5.41, 5.74) is 4.44. The highest BCUT2D eigenvalue weighted by molar-refractivity contribution is 6.23. The molecular formula is C22H17N3O2. The Morgan fingerprint density at radius 2 is 1.67 bits per heavy atom. The first-order valence-corrected chi connectivity index (χ1v) is 8.58. The highest BCUT2D eigenvalue weighted by Gasteiger charge is 2.24. The van der Waals surface area contributed by atoms with Crippen LogP contribution >= 0.6 is 0 Å². The molecule has 1 heterocycles. The molecule has 0 aromatic heterocycles. The van der Waals surface area contributed by atoms with E-state index in [4.69, 9.17) is 0 Å². The van der Waals surface area contributed by atoms with Crippen molar-refractivity contribution in [2.24, 2.45) is 4.99 Å². The van der Waals surface area contributed by atoms with Crippen LogP contribution in [0.3, 0.4) is 0 Å². The number of benzene rings is 3. The maximum atomic E-state index is 12.4. The third-order valence-corrected chi connectivity index (χ3v) is 4.31. The van der Waals surface area contributed by atoms with E-state index in [2.05, 4.69) is 15.6 Å². The summed E-state index contributed by atoms with van der Waals surface area (Å²) in [5.74, 6) is 0.186. The molecule has 0 saturated carbocycles. The Morgan fingerprint density at radius 1 is 0.926 bits per heavy atom. The molecule has 0 fully saturated rings. The number of amidine groups is 1. The van der Waals surface area contributed by atoms with Crippen LogP contribution < -0.4 is 10.6 Å². The zero-order chi connectivity index (χ0) is 18.8. The minimum atomic E-state index is -0.181. The van der Waals surface area contributed by atoms with Gasteiger partial charge in [-0.3, -0.25) is 9.59 Å². The van der Waals surface area contributed by atoms with E-state index < -0.39 is 0 Å². The molecule has 1 aliphatic heterocycles. The number of fused-ring (bicyclic) bond motifs is 1. The Bertz CT molecular complexity index is 1070. The molecule has 1 aliphatic rings. The normalized spacial score (nSPS) is 14.0. The van der Waals surface area contributed by atoms with Crippen molar-refractivity contribution < 1.29 is 9.59 Å². The molecule has 5 nitrogen and oxygen atoms in total. The first kappa shape index (κ1) is 16.7. The number of nitrogens with zero attached hydrogens (tertiary/aromatic N) is 1. The molecule has 2 amide bonds. The highest BCUT2D eigenvalue weighted by atomic mass is 16.2. The Balaban J connectivity index is 1.53. The lowest BCUT2D eigenvalue weighted by Crippen LogP contribution is -2.21. The second-order valence-corrected chi connectivity index (χ2v) is 6.33. The van der Waals surface area contributed by atoms with Gasteiger partial charge in [0.1, 0.15) is 5.84 Å². The zero-order valence-corrected chi connectivity index (χ0v) is 14.7. The topological polar surface area (TPSA) is 70.6 Å². The lowest BCUT2D eigenvalue weighted by atomic mass is 10.1. The Labute approximate surface area is 156 Å². The van der Waals surface area contributed by atoms with Gasteiger partial charge in [0.05, 0.1) is 11.3 Å². The van der Waals surface area contributed by atoms with Crippen molar-refractivity contribution in [3.8, 4) is 0 Å². The molecule has 0 radical (unpaired) electrons. The molecule has 0 atom stereocenters. The van der Waals surface area contributed by atoms with E-state index in [-0.39, 0.29) is 11.8 Å². The molecule has 5 heteroatoms. The van der Waals surface area contributed by atoms with Gasteiger partial charge in [-0.1, -0.05) is 30.3 Å². The summed E-state index contributed by atoms with van der Waals surface area (Å²) < 4.78 is 0. The SMILES string of the molecule is Cc1cccc(NC(=O)c2ccc(N=C3NC(=O)c4ccccc43)cc2)c1. The van der Waals surface area contributed by atoms with E-state index in [1.807, 2.05) is 49.4 Å². The van der Waals surface area contributed by atoms with Crippen molar-refractivity contribution in [3.63, 3.8) is 0 Å². The molecule has 0 unspecified atom stereocenters. The Kier molecular flexibility index (Phi) is 4.26. The van der Waals surface area contributed by atoms with Gasteiger partial charge in [0, 0.05) is 16.8 Å². The molecular weight excluding hydrogens is 338 g/mol. The number of anilines is 1. The molecule has 3 aromatic carbocycles.